The van der Waals surface area contributed by atoms with E-state index in [2.05, 4.69) is 49.2 Å². The lowest BCUT2D eigenvalue weighted by atomic mass is 10.0. The van der Waals surface area contributed by atoms with Crippen molar-refractivity contribution in [1.29, 1.82) is 0 Å². The number of nitrogens with one attached hydrogen (secondary N) is 1. The molecule has 0 saturated heterocycles. The Labute approximate surface area is 207 Å². The van der Waals surface area contributed by atoms with Crippen LogP contribution < -0.4 is 19.5 Å². The molecular weight excluding hydrogens is 434 g/mol. The lowest BCUT2D eigenvalue weighted by molar-refractivity contribution is 0.281. The van der Waals surface area contributed by atoms with Gasteiger partial charge in [0.25, 0.3) is 0 Å². The second kappa shape index (κ2) is 11.8. The maximum Gasteiger partial charge on any atom is 0.165 e. The van der Waals surface area contributed by atoms with Crippen LogP contribution in [-0.2, 0) is 19.6 Å². The van der Waals surface area contributed by atoms with E-state index in [0.717, 1.165) is 45.4 Å². The number of rotatable bonds is 11. The summed E-state index contributed by atoms with van der Waals surface area (Å²) in [5, 5.41) is 3.48. The topological polar surface area (TPSA) is 39.7 Å². The Morgan fingerprint density at radius 2 is 1.54 bits per heavy atom. The van der Waals surface area contributed by atoms with E-state index in [0.29, 0.717) is 19.6 Å². The summed E-state index contributed by atoms with van der Waals surface area (Å²) >= 11 is 0. The number of methoxy groups -OCH3 is 1. The van der Waals surface area contributed by atoms with Crippen LogP contribution in [0.2, 0.25) is 0 Å². The summed E-state index contributed by atoms with van der Waals surface area (Å²) in [6.07, 6.45) is 2.58. The third-order valence-electron chi connectivity index (χ3n) is 5.61. The van der Waals surface area contributed by atoms with Crippen molar-refractivity contribution in [1.82, 2.24) is 0 Å². The molecule has 4 rings (SSSR count). The molecule has 0 heterocycles. The molecule has 0 unspecified atom stereocenters. The number of aryl methyl sites for hydroxylation is 1. The number of anilines is 1. The van der Waals surface area contributed by atoms with E-state index in [-0.39, 0.29) is 0 Å². The number of ether oxygens (including phenoxy) is 3. The molecule has 0 fully saturated rings. The van der Waals surface area contributed by atoms with Gasteiger partial charge in [0.15, 0.2) is 11.5 Å². The molecule has 0 atom stereocenters. The number of benzene rings is 4. The average Bonchev–Trinajstić information content (AvgIpc) is 2.89. The minimum atomic E-state index is 0.482. The molecule has 4 aromatic carbocycles. The fraction of sp³-hybridized carbons (Fsp3) is 0.161. The van der Waals surface area contributed by atoms with Crippen LogP contribution in [0.1, 0.15) is 22.3 Å². The third-order valence-corrected chi connectivity index (χ3v) is 5.61. The number of hydrogen-bond donors (Lipinski definition) is 1. The van der Waals surface area contributed by atoms with Crippen molar-refractivity contribution in [2.75, 3.05) is 12.4 Å². The third kappa shape index (κ3) is 6.67. The molecule has 4 aromatic rings. The summed E-state index contributed by atoms with van der Waals surface area (Å²) < 4.78 is 17.8. The Bertz CT molecular complexity index is 1230. The molecule has 0 aromatic heterocycles. The van der Waals surface area contributed by atoms with E-state index in [4.69, 9.17) is 14.2 Å². The first-order valence-electron chi connectivity index (χ1n) is 11.7. The second-order valence-corrected chi connectivity index (χ2v) is 8.35. The quantitative estimate of drug-likeness (QED) is 0.230. The first-order chi connectivity index (χ1) is 17.1. The Morgan fingerprint density at radius 3 is 2.23 bits per heavy atom. The molecule has 0 aliphatic heterocycles. The van der Waals surface area contributed by atoms with Crippen LogP contribution >= 0.6 is 0 Å². The Morgan fingerprint density at radius 1 is 0.829 bits per heavy atom. The predicted octanol–water partition coefficient (Wildman–Crippen LogP) is 7.72. The monoisotopic (exact) mass is 465 g/mol. The molecule has 0 aliphatic carbocycles. The number of hydrogen-bond acceptors (Lipinski definition) is 4. The first-order valence-corrected chi connectivity index (χ1v) is 11.7. The molecule has 0 aliphatic rings. The van der Waals surface area contributed by atoms with Crippen molar-refractivity contribution in [3.63, 3.8) is 0 Å². The highest BCUT2D eigenvalue weighted by Gasteiger charge is 2.13. The van der Waals surface area contributed by atoms with Crippen molar-refractivity contribution in [2.24, 2.45) is 0 Å². The van der Waals surface area contributed by atoms with Gasteiger partial charge in [0.2, 0.25) is 0 Å². The summed E-state index contributed by atoms with van der Waals surface area (Å²) in [6.45, 7) is 7.13. The van der Waals surface area contributed by atoms with Gasteiger partial charge in [-0.1, -0.05) is 54.1 Å². The zero-order valence-corrected chi connectivity index (χ0v) is 20.3. The molecule has 178 valence electrons. The lowest BCUT2D eigenvalue weighted by Gasteiger charge is -2.17. The van der Waals surface area contributed by atoms with E-state index >= 15 is 0 Å². The molecule has 0 bridgehead atoms. The zero-order chi connectivity index (χ0) is 24.5. The standard InChI is InChI=1S/C31H31NO3/c1-4-8-26-19-25(20-30(33-3)31(26)34-22-24-13-11-23(2)12-14-24)21-32-27-15-17-29(18-16-27)35-28-9-6-5-7-10-28/h4-7,9-20,32H,1,8,21-22H2,2-3H3. The highest BCUT2D eigenvalue weighted by Crippen LogP contribution is 2.34. The van der Waals surface area contributed by atoms with Gasteiger partial charge in [-0.15, -0.1) is 6.58 Å². The van der Waals surface area contributed by atoms with Gasteiger partial charge in [0.1, 0.15) is 18.1 Å². The molecule has 0 spiro atoms. The minimum Gasteiger partial charge on any atom is -0.493 e. The van der Waals surface area contributed by atoms with Gasteiger partial charge >= 0.3 is 0 Å². The second-order valence-electron chi connectivity index (χ2n) is 8.35. The number of allylic oxidation sites excluding steroid dienone is 1. The Balaban J connectivity index is 1.44. The minimum absolute atomic E-state index is 0.482. The largest absolute Gasteiger partial charge is 0.493 e. The first kappa shape index (κ1) is 24.0. The van der Waals surface area contributed by atoms with Crippen molar-refractivity contribution < 1.29 is 14.2 Å². The van der Waals surface area contributed by atoms with Crippen molar-refractivity contribution in [3.8, 4) is 23.0 Å². The molecule has 35 heavy (non-hydrogen) atoms. The van der Waals surface area contributed by atoms with Gasteiger partial charge < -0.3 is 19.5 Å². The molecule has 0 radical (unpaired) electrons. The molecule has 1 N–H and O–H groups in total. The fourth-order valence-electron chi connectivity index (χ4n) is 3.76. The van der Waals surface area contributed by atoms with Crippen LogP contribution in [0.3, 0.4) is 0 Å². The van der Waals surface area contributed by atoms with E-state index in [1.807, 2.05) is 66.7 Å². The smallest absolute Gasteiger partial charge is 0.165 e. The summed E-state index contributed by atoms with van der Waals surface area (Å²) in [7, 11) is 1.68. The Hall–Kier alpha value is -4.18. The van der Waals surface area contributed by atoms with Crippen molar-refractivity contribution >= 4 is 5.69 Å². The SMILES string of the molecule is C=CCc1cc(CNc2ccc(Oc3ccccc3)cc2)cc(OC)c1OCc1ccc(C)cc1. The maximum atomic E-state index is 6.21. The molecule has 0 saturated carbocycles. The molecule has 4 heteroatoms. The summed E-state index contributed by atoms with van der Waals surface area (Å²) in [5.41, 5.74) is 5.51. The number of para-hydroxylation sites is 1. The Kier molecular flexibility index (Phi) is 8.08. The predicted molar refractivity (Wildman–Crippen MR) is 143 cm³/mol. The van der Waals surface area contributed by atoms with Crippen LogP contribution in [0.15, 0.2) is 104 Å². The highest BCUT2D eigenvalue weighted by molar-refractivity contribution is 5.52. The lowest BCUT2D eigenvalue weighted by Crippen LogP contribution is -2.05. The van der Waals surface area contributed by atoms with Gasteiger partial charge in [-0.3, -0.25) is 0 Å². The van der Waals surface area contributed by atoms with Crippen LogP contribution in [0.25, 0.3) is 0 Å². The van der Waals surface area contributed by atoms with Crippen molar-refractivity contribution in [2.45, 2.75) is 26.5 Å². The zero-order valence-electron chi connectivity index (χ0n) is 20.3. The molecular formula is C31H31NO3. The van der Waals surface area contributed by atoms with Crippen LogP contribution in [-0.4, -0.2) is 7.11 Å². The van der Waals surface area contributed by atoms with Gasteiger partial charge in [-0.2, -0.15) is 0 Å². The van der Waals surface area contributed by atoms with Crippen LogP contribution in [0, 0.1) is 6.92 Å². The summed E-state index contributed by atoms with van der Waals surface area (Å²) in [6, 6.07) is 30.2. The van der Waals surface area contributed by atoms with E-state index < -0.39 is 0 Å². The maximum absolute atomic E-state index is 6.21. The normalized spacial score (nSPS) is 10.5. The highest BCUT2D eigenvalue weighted by atomic mass is 16.5. The van der Waals surface area contributed by atoms with E-state index in [9.17, 15) is 0 Å². The van der Waals surface area contributed by atoms with Gasteiger partial charge in [0.05, 0.1) is 7.11 Å². The van der Waals surface area contributed by atoms with Crippen molar-refractivity contribution in [3.05, 3.63) is 126 Å². The molecule has 4 nitrogen and oxygen atoms in total. The summed E-state index contributed by atoms with van der Waals surface area (Å²) in [5.74, 6) is 3.10. The van der Waals surface area contributed by atoms with E-state index in [1.54, 1.807) is 7.11 Å². The van der Waals surface area contributed by atoms with Crippen LogP contribution in [0.5, 0.6) is 23.0 Å². The van der Waals surface area contributed by atoms with Crippen LogP contribution in [0.4, 0.5) is 5.69 Å². The average molecular weight is 466 g/mol. The van der Waals surface area contributed by atoms with Gasteiger partial charge in [0, 0.05) is 17.8 Å². The van der Waals surface area contributed by atoms with Gasteiger partial charge in [-0.05, 0) is 73.0 Å². The molecule has 0 amide bonds. The van der Waals surface area contributed by atoms with Gasteiger partial charge in [-0.25, -0.2) is 0 Å². The van der Waals surface area contributed by atoms with E-state index in [1.165, 1.54) is 5.56 Å². The fourth-order valence-corrected chi connectivity index (χ4v) is 3.76. The summed E-state index contributed by atoms with van der Waals surface area (Å²) in [4.78, 5) is 0.